The summed E-state index contributed by atoms with van der Waals surface area (Å²) in [6.45, 7) is 11.5. The number of benzene rings is 1. The van der Waals surface area contributed by atoms with Gasteiger partial charge in [0, 0.05) is 12.1 Å². The van der Waals surface area contributed by atoms with E-state index in [0.717, 1.165) is 77.0 Å². The molecule has 1 aromatic rings. The van der Waals surface area contributed by atoms with Crippen molar-refractivity contribution in [3.63, 3.8) is 0 Å². The van der Waals surface area contributed by atoms with E-state index < -0.39 is 0 Å². The molecule has 5 N–H and O–H groups in total. The van der Waals surface area contributed by atoms with Crippen LogP contribution in [0.3, 0.4) is 0 Å². The first-order valence-corrected chi connectivity index (χ1v) is 26.8. The Bertz CT molecular complexity index is 1160. The van der Waals surface area contributed by atoms with Crippen molar-refractivity contribution in [2.24, 2.45) is 5.73 Å². The Morgan fingerprint density at radius 1 is 0.446 bits per heavy atom. The van der Waals surface area contributed by atoms with Crippen LogP contribution in [-0.2, 0) is 0 Å². The number of carbonyl (C=O) groups excluding carboxylic acids is 1. The molecule has 0 bridgehead atoms. The zero-order valence-electron chi connectivity index (χ0n) is 42.3. The molecule has 0 unspecified atom stereocenters. The van der Waals surface area contributed by atoms with Crippen LogP contribution in [0.1, 0.15) is 243 Å². The Morgan fingerprint density at radius 2 is 0.800 bits per heavy atom. The van der Waals surface area contributed by atoms with E-state index in [1.54, 1.807) is 0 Å². The third kappa shape index (κ3) is 47.4. The first-order chi connectivity index (χ1) is 30.7. The molecule has 0 fully saturated rings. The molecule has 0 saturated carbocycles. The number of rotatable bonds is 49. The third-order valence-corrected chi connectivity index (χ3v) is 11.9. The van der Waals surface area contributed by atoms with Crippen LogP contribution >= 0.6 is 37.2 Å². The van der Waals surface area contributed by atoms with E-state index in [4.69, 9.17) is 15.2 Å². The van der Waals surface area contributed by atoms with E-state index in [0.29, 0.717) is 31.1 Å². The molecule has 0 aromatic heterocycles. The number of nitrogens with one attached hydrogen (secondary N) is 3. The zero-order chi connectivity index (χ0) is 44.5. The number of unbranched alkanes of at least 4 members (excludes halogenated alkanes) is 27. The molecule has 0 spiro atoms. The van der Waals surface area contributed by atoms with Crippen LogP contribution in [0.4, 0.5) is 0 Å². The van der Waals surface area contributed by atoms with E-state index >= 15 is 0 Å². The molecule has 0 aliphatic rings. The highest BCUT2D eigenvalue weighted by atomic mass is 35.5. The SMILES string of the molecule is CCCCCCCCC=CCCCCCCCCOc1ccc(C(=O)NCCCCNCCCCNCCCCN)cc1OCCCCCCCCC=CCCCCCCCC.Cl.Cl.Cl. The van der Waals surface area contributed by atoms with Gasteiger partial charge in [-0.15, -0.1) is 37.2 Å². The lowest BCUT2D eigenvalue weighted by Crippen LogP contribution is -2.25. The average molecular weight is 977 g/mol. The molecule has 0 heterocycles. The summed E-state index contributed by atoms with van der Waals surface area (Å²) in [5.41, 5.74) is 6.20. The predicted molar refractivity (Wildman–Crippen MR) is 293 cm³/mol. The topological polar surface area (TPSA) is 97.6 Å². The minimum atomic E-state index is -0.0427. The Labute approximate surface area is 421 Å². The van der Waals surface area contributed by atoms with E-state index in [9.17, 15) is 4.79 Å². The summed E-state index contributed by atoms with van der Waals surface area (Å²) >= 11 is 0. The van der Waals surface area contributed by atoms with Crippen LogP contribution in [0.2, 0.25) is 0 Å². The fourth-order valence-electron chi connectivity index (χ4n) is 7.77. The van der Waals surface area contributed by atoms with Crippen molar-refractivity contribution in [1.29, 1.82) is 0 Å². The molecule has 10 heteroatoms. The molecule has 0 saturated heterocycles. The highest BCUT2D eigenvalue weighted by Gasteiger charge is 2.12. The average Bonchev–Trinajstić information content (AvgIpc) is 3.28. The van der Waals surface area contributed by atoms with Crippen molar-refractivity contribution in [3.05, 3.63) is 48.1 Å². The smallest absolute Gasteiger partial charge is 0.251 e. The summed E-state index contributed by atoms with van der Waals surface area (Å²) < 4.78 is 12.6. The maximum absolute atomic E-state index is 13.1. The molecule has 0 aliphatic heterocycles. The van der Waals surface area contributed by atoms with Gasteiger partial charge in [0.2, 0.25) is 0 Å². The van der Waals surface area contributed by atoms with Gasteiger partial charge in [-0.2, -0.15) is 0 Å². The summed E-state index contributed by atoms with van der Waals surface area (Å²) in [5, 5.41) is 10.2. The summed E-state index contributed by atoms with van der Waals surface area (Å²) in [4.78, 5) is 13.1. The van der Waals surface area contributed by atoms with Crippen LogP contribution in [0.25, 0.3) is 0 Å². The highest BCUT2D eigenvalue weighted by molar-refractivity contribution is 5.94. The van der Waals surface area contributed by atoms with E-state index in [1.807, 2.05) is 18.2 Å². The number of hydrogen-bond acceptors (Lipinski definition) is 6. The summed E-state index contributed by atoms with van der Waals surface area (Å²) in [5.74, 6) is 1.41. The molecule has 1 rings (SSSR count). The maximum atomic E-state index is 13.1. The molecule has 1 amide bonds. The molecule has 0 atom stereocenters. The second kappa shape index (κ2) is 56.8. The van der Waals surface area contributed by atoms with Gasteiger partial charge in [0.1, 0.15) is 0 Å². The van der Waals surface area contributed by atoms with Gasteiger partial charge in [-0.1, -0.05) is 154 Å². The minimum absolute atomic E-state index is 0. The predicted octanol–water partition coefficient (Wildman–Crippen LogP) is 16.0. The van der Waals surface area contributed by atoms with Gasteiger partial charge in [0.15, 0.2) is 11.5 Å². The Hall–Kier alpha value is -1.48. The molecule has 0 radical (unpaired) electrons. The van der Waals surface area contributed by atoms with Crippen LogP contribution in [0, 0.1) is 0 Å². The lowest BCUT2D eigenvalue weighted by Gasteiger charge is -2.15. The number of carbonyl (C=O) groups is 1. The molecular formula is C55H105Cl3N4O3. The fourth-order valence-corrected chi connectivity index (χ4v) is 7.77. The maximum Gasteiger partial charge on any atom is 0.251 e. The van der Waals surface area contributed by atoms with E-state index in [2.05, 4.69) is 54.1 Å². The lowest BCUT2D eigenvalue weighted by atomic mass is 10.1. The van der Waals surface area contributed by atoms with Crippen LogP contribution in [0.5, 0.6) is 11.5 Å². The first kappa shape index (κ1) is 67.8. The second-order valence-corrected chi connectivity index (χ2v) is 17.9. The van der Waals surface area contributed by atoms with Crippen LogP contribution < -0.4 is 31.2 Å². The first-order valence-electron chi connectivity index (χ1n) is 26.8. The molecular weight excluding hydrogens is 871 g/mol. The van der Waals surface area contributed by atoms with Gasteiger partial charge < -0.3 is 31.2 Å². The number of ether oxygens (including phenoxy) is 2. The number of amides is 1. The Kier molecular flexibility index (Phi) is 59.3. The highest BCUT2D eigenvalue weighted by Crippen LogP contribution is 2.29. The molecule has 7 nitrogen and oxygen atoms in total. The summed E-state index contributed by atoms with van der Waals surface area (Å²) in [7, 11) is 0. The van der Waals surface area contributed by atoms with Gasteiger partial charge in [-0.25, -0.2) is 0 Å². The second-order valence-electron chi connectivity index (χ2n) is 17.9. The van der Waals surface area contributed by atoms with Crippen LogP contribution in [-0.4, -0.2) is 58.4 Å². The van der Waals surface area contributed by atoms with Crippen molar-refractivity contribution >= 4 is 43.1 Å². The summed E-state index contributed by atoms with van der Waals surface area (Å²) in [6, 6.07) is 5.71. The minimum Gasteiger partial charge on any atom is -0.490 e. The number of halogens is 3. The summed E-state index contributed by atoms with van der Waals surface area (Å²) in [6.07, 6.45) is 52.4. The molecule has 0 aliphatic carbocycles. The number of nitrogens with two attached hydrogens (primary N) is 1. The van der Waals surface area contributed by atoms with Gasteiger partial charge in [0.25, 0.3) is 5.91 Å². The normalized spacial score (nSPS) is 11.1. The standard InChI is InChI=1S/C55H102N4O3.3ClH/c1-3-5-7-9-11-13-15-17-19-21-23-25-27-29-31-39-49-61-53-42-41-52(55(60)59-48-38-37-47-58-46-36-35-45-57-44-34-33-43-56)51-54(53)62-50-40-32-30-28-26-24-22-20-18-16-14-12-10-8-6-4-2;;;/h17-20,41-42,51,57-58H,3-16,21-40,43-50,56H2,1-2H3,(H,59,60);3*1H. The molecule has 384 valence electrons. The van der Waals surface area contributed by atoms with Gasteiger partial charge in [-0.05, 0) is 154 Å². The largest absolute Gasteiger partial charge is 0.490 e. The van der Waals surface area contributed by atoms with Crippen molar-refractivity contribution in [3.8, 4) is 11.5 Å². The van der Waals surface area contributed by atoms with Crippen molar-refractivity contribution < 1.29 is 14.3 Å². The van der Waals surface area contributed by atoms with Gasteiger partial charge in [0.05, 0.1) is 13.2 Å². The zero-order valence-corrected chi connectivity index (χ0v) is 44.7. The Balaban J connectivity index is -0.0000128. The van der Waals surface area contributed by atoms with Crippen molar-refractivity contribution in [1.82, 2.24) is 16.0 Å². The van der Waals surface area contributed by atoms with Gasteiger partial charge in [-0.3, -0.25) is 4.79 Å². The van der Waals surface area contributed by atoms with Gasteiger partial charge >= 0.3 is 0 Å². The fraction of sp³-hybridized carbons (Fsp3) is 0.800. The monoisotopic (exact) mass is 975 g/mol. The Morgan fingerprint density at radius 3 is 1.22 bits per heavy atom. The van der Waals surface area contributed by atoms with Crippen molar-refractivity contribution in [2.75, 3.05) is 52.5 Å². The molecule has 65 heavy (non-hydrogen) atoms. The number of allylic oxidation sites excluding steroid dienone is 4. The lowest BCUT2D eigenvalue weighted by molar-refractivity contribution is 0.0952. The quantitative estimate of drug-likeness (QED) is 0.0384. The van der Waals surface area contributed by atoms with Crippen molar-refractivity contribution in [2.45, 2.75) is 232 Å². The molecule has 1 aromatic carbocycles. The van der Waals surface area contributed by atoms with E-state index in [-0.39, 0.29) is 43.1 Å². The number of hydrogen-bond donors (Lipinski definition) is 4. The third-order valence-electron chi connectivity index (χ3n) is 11.9. The van der Waals surface area contributed by atoms with E-state index in [1.165, 1.54) is 180 Å². The van der Waals surface area contributed by atoms with Crippen LogP contribution in [0.15, 0.2) is 42.5 Å².